The molecule has 0 aliphatic carbocycles. The molecular formula is C52H86O12. The zero-order valence-corrected chi connectivity index (χ0v) is 40.7. The molecule has 0 radical (unpaired) electrons. The molecule has 0 spiro atoms. The van der Waals surface area contributed by atoms with E-state index in [0.717, 1.165) is 128 Å². The molecule has 12 nitrogen and oxygen atoms in total. The summed E-state index contributed by atoms with van der Waals surface area (Å²) >= 11 is 0. The lowest BCUT2D eigenvalue weighted by atomic mass is 9.98. The zero-order chi connectivity index (χ0) is 47.2. The van der Waals surface area contributed by atoms with Gasteiger partial charge in [-0.3, -0.25) is 19.2 Å². The monoisotopic (exact) mass is 903 g/mol. The Morgan fingerprint density at radius 1 is 0.359 bits per heavy atom. The molecule has 4 unspecified atom stereocenters. The van der Waals surface area contributed by atoms with Crippen molar-refractivity contribution in [3.63, 3.8) is 0 Å². The summed E-state index contributed by atoms with van der Waals surface area (Å²) in [6.07, 6.45) is 22.1. The van der Waals surface area contributed by atoms with Crippen molar-refractivity contribution in [3.05, 3.63) is 35.4 Å². The Bertz CT molecular complexity index is 1410. The molecule has 0 fully saturated rings. The summed E-state index contributed by atoms with van der Waals surface area (Å²) in [5.74, 6) is -2.24. The number of hydrogen-bond acceptors (Lipinski definition) is 12. The molecule has 0 aliphatic rings. The fourth-order valence-electron chi connectivity index (χ4n) is 7.69. The van der Waals surface area contributed by atoms with E-state index in [4.69, 9.17) is 28.4 Å². The minimum Gasteiger partial charge on any atom is -0.469 e. The number of rotatable bonds is 40. The van der Waals surface area contributed by atoms with E-state index in [1.54, 1.807) is 38.1 Å². The van der Waals surface area contributed by atoms with Crippen LogP contribution in [0.2, 0.25) is 0 Å². The third kappa shape index (κ3) is 28.1. The van der Waals surface area contributed by atoms with Gasteiger partial charge in [0.25, 0.3) is 0 Å². The van der Waals surface area contributed by atoms with Crippen LogP contribution < -0.4 is 0 Å². The van der Waals surface area contributed by atoms with Gasteiger partial charge in [0, 0.05) is 25.7 Å². The van der Waals surface area contributed by atoms with Gasteiger partial charge in [0.05, 0.1) is 25.3 Å². The normalized spacial score (nSPS) is 13.0. The summed E-state index contributed by atoms with van der Waals surface area (Å²) in [6.45, 7) is 7.85. The van der Waals surface area contributed by atoms with Crippen LogP contribution in [0.5, 0.6) is 0 Å². The lowest BCUT2D eigenvalue weighted by Crippen LogP contribution is -2.35. The third-order valence-electron chi connectivity index (χ3n) is 11.7. The van der Waals surface area contributed by atoms with E-state index in [1.807, 2.05) is 0 Å². The van der Waals surface area contributed by atoms with Gasteiger partial charge in [-0.15, -0.1) is 0 Å². The molecular weight excluding hydrogens is 817 g/mol. The predicted molar refractivity (Wildman–Crippen MR) is 250 cm³/mol. The number of ether oxygens (including phenoxy) is 6. The lowest BCUT2D eigenvalue weighted by Gasteiger charge is -2.28. The molecule has 12 heteroatoms. The Morgan fingerprint density at radius 2 is 0.625 bits per heavy atom. The summed E-state index contributed by atoms with van der Waals surface area (Å²) in [6, 6.07) is 6.21. The SMILES string of the molecule is CCCCCCCCC(OC(=O)CC)C(CCCCCCCC(=O)OC)OC(=O)c1ccc(C(=O)OC(CCCCCCCC)C(CCCCCCCC(=O)OC)OC(=O)CC)cc1. The maximum atomic E-state index is 13.8. The van der Waals surface area contributed by atoms with Gasteiger partial charge in [0.1, 0.15) is 24.4 Å². The second-order valence-electron chi connectivity index (χ2n) is 17.1. The van der Waals surface area contributed by atoms with Gasteiger partial charge in [-0.1, -0.05) is 130 Å². The fraction of sp³-hybridized carbons (Fsp3) is 0.769. The van der Waals surface area contributed by atoms with Crippen LogP contribution in [0.4, 0.5) is 0 Å². The molecule has 0 saturated carbocycles. The average molecular weight is 903 g/mol. The van der Waals surface area contributed by atoms with Crippen molar-refractivity contribution in [2.45, 2.75) is 245 Å². The summed E-state index contributed by atoms with van der Waals surface area (Å²) in [5.41, 5.74) is 0.520. The molecule has 64 heavy (non-hydrogen) atoms. The van der Waals surface area contributed by atoms with Crippen LogP contribution in [0.3, 0.4) is 0 Å². The minimum absolute atomic E-state index is 0.208. The first kappa shape index (κ1) is 58.1. The average Bonchev–Trinajstić information content (AvgIpc) is 3.30. The van der Waals surface area contributed by atoms with Crippen molar-refractivity contribution in [1.82, 2.24) is 0 Å². The molecule has 1 aromatic carbocycles. The quantitative estimate of drug-likeness (QED) is 0.0349. The van der Waals surface area contributed by atoms with Gasteiger partial charge in [-0.2, -0.15) is 0 Å². The first-order valence-electron chi connectivity index (χ1n) is 25.1. The van der Waals surface area contributed by atoms with Crippen LogP contribution in [-0.4, -0.2) is 74.5 Å². The van der Waals surface area contributed by atoms with Gasteiger partial charge in [-0.05, 0) is 88.5 Å². The molecule has 0 saturated heterocycles. The highest BCUT2D eigenvalue weighted by Crippen LogP contribution is 2.25. The van der Waals surface area contributed by atoms with Crippen molar-refractivity contribution < 1.29 is 57.2 Å². The Kier molecular flexibility index (Phi) is 34.8. The topological polar surface area (TPSA) is 158 Å². The molecule has 0 bridgehead atoms. The highest BCUT2D eigenvalue weighted by Gasteiger charge is 2.30. The van der Waals surface area contributed by atoms with E-state index in [-0.39, 0.29) is 47.8 Å². The second kappa shape index (κ2) is 38.3. The summed E-state index contributed by atoms with van der Waals surface area (Å²) in [4.78, 5) is 75.8. The number of carbonyl (C=O) groups excluding carboxylic acids is 6. The van der Waals surface area contributed by atoms with Crippen molar-refractivity contribution in [1.29, 1.82) is 0 Å². The maximum absolute atomic E-state index is 13.8. The molecule has 0 aromatic heterocycles. The van der Waals surface area contributed by atoms with Crippen LogP contribution in [0.1, 0.15) is 241 Å². The van der Waals surface area contributed by atoms with Gasteiger partial charge in [0.15, 0.2) is 0 Å². The number of hydrogen-bond donors (Lipinski definition) is 0. The van der Waals surface area contributed by atoms with Crippen LogP contribution in [-0.2, 0) is 47.6 Å². The molecule has 0 heterocycles. The largest absolute Gasteiger partial charge is 0.469 e. The smallest absolute Gasteiger partial charge is 0.338 e. The fourth-order valence-corrected chi connectivity index (χ4v) is 7.69. The number of esters is 6. The Hall–Kier alpha value is -3.96. The van der Waals surface area contributed by atoms with Crippen molar-refractivity contribution in [3.8, 4) is 0 Å². The number of unbranched alkanes of at least 4 members (excludes halogenated alkanes) is 18. The van der Waals surface area contributed by atoms with Gasteiger partial charge in [-0.25, -0.2) is 9.59 Å². The van der Waals surface area contributed by atoms with E-state index >= 15 is 0 Å². The van der Waals surface area contributed by atoms with Gasteiger partial charge >= 0.3 is 35.8 Å². The predicted octanol–water partition coefficient (Wildman–Crippen LogP) is 12.7. The third-order valence-corrected chi connectivity index (χ3v) is 11.7. The van der Waals surface area contributed by atoms with E-state index in [1.165, 1.54) is 27.1 Å². The number of methoxy groups -OCH3 is 2. The summed E-state index contributed by atoms with van der Waals surface area (Å²) in [7, 11) is 2.78. The molecule has 1 aromatic rings. The molecule has 0 aliphatic heterocycles. The first-order valence-corrected chi connectivity index (χ1v) is 25.1. The summed E-state index contributed by atoms with van der Waals surface area (Å²) < 4.78 is 33.7. The van der Waals surface area contributed by atoms with Crippen LogP contribution in [0.25, 0.3) is 0 Å². The van der Waals surface area contributed by atoms with E-state index < -0.39 is 36.4 Å². The molecule has 4 atom stereocenters. The highest BCUT2D eigenvalue weighted by molar-refractivity contribution is 5.93. The first-order chi connectivity index (χ1) is 31.0. The number of benzene rings is 1. The van der Waals surface area contributed by atoms with Gasteiger partial charge in [0.2, 0.25) is 0 Å². The molecule has 0 amide bonds. The van der Waals surface area contributed by atoms with Crippen LogP contribution in [0.15, 0.2) is 24.3 Å². The van der Waals surface area contributed by atoms with Crippen molar-refractivity contribution in [2.75, 3.05) is 14.2 Å². The minimum atomic E-state index is -0.649. The zero-order valence-electron chi connectivity index (χ0n) is 40.7. The molecule has 1 rings (SSSR count). The Morgan fingerprint density at radius 3 is 0.906 bits per heavy atom. The second-order valence-corrected chi connectivity index (χ2v) is 17.1. The van der Waals surface area contributed by atoms with E-state index in [0.29, 0.717) is 38.5 Å². The van der Waals surface area contributed by atoms with Gasteiger partial charge < -0.3 is 28.4 Å². The Labute approximate surface area is 386 Å². The van der Waals surface area contributed by atoms with Crippen LogP contribution in [0, 0.1) is 0 Å². The molecule has 366 valence electrons. The number of carbonyl (C=O) groups is 6. The van der Waals surface area contributed by atoms with Crippen LogP contribution >= 0.6 is 0 Å². The van der Waals surface area contributed by atoms with Crippen molar-refractivity contribution >= 4 is 35.8 Å². The van der Waals surface area contributed by atoms with Crippen molar-refractivity contribution in [2.24, 2.45) is 0 Å². The standard InChI is InChI=1S/C52H86O12/c1-7-11-13-15-19-25-31-43(61-47(53)9-3)46(34-28-22-18-24-30-36-50(56)60-6)64-52(58)42-39-37-41(38-40-42)51(57)63-45(33-27-20-16-14-12-8-2)44(62-48(54)10-4)32-26-21-17-23-29-35-49(55)59-5/h37-40,43-46H,7-36H2,1-6H3. The van der Waals surface area contributed by atoms with E-state index in [2.05, 4.69) is 13.8 Å². The maximum Gasteiger partial charge on any atom is 0.338 e. The Balaban J connectivity index is 3.17. The van der Waals surface area contributed by atoms with E-state index in [9.17, 15) is 28.8 Å². The summed E-state index contributed by atoms with van der Waals surface area (Å²) in [5, 5.41) is 0. The highest BCUT2D eigenvalue weighted by atomic mass is 16.6. The molecule has 0 N–H and O–H groups in total. The lowest BCUT2D eigenvalue weighted by molar-refractivity contribution is -0.156.